The van der Waals surface area contributed by atoms with Crippen LogP contribution in [0.2, 0.25) is 0 Å². The lowest BCUT2D eigenvalue weighted by Gasteiger charge is -2.29. The molecule has 1 heterocycles. The van der Waals surface area contributed by atoms with Crippen molar-refractivity contribution in [2.24, 2.45) is 0 Å². The number of nitrogens with two attached hydrogens (primary N) is 1. The standard InChI is InChI=1S/C13H24N4/c1-6-10(7-2)17(5)13-9(4)12(14)15-11(8-3)16-13/h10H,6-8H2,1-5H3,(H2,14,15,16). The maximum atomic E-state index is 5.94. The van der Waals surface area contributed by atoms with Gasteiger partial charge in [0.25, 0.3) is 0 Å². The number of hydrogen-bond acceptors (Lipinski definition) is 4. The molecule has 2 N–H and O–H groups in total. The normalized spacial score (nSPS) is 10.9. The summed E-state index contributed by atoms with van der Waals surface area (Å²) in [6.07, 6.45) is 3.03. The van der Waals surface area contributed by atoms with Gasteiger partial charge in [0.2, 0.25) is 0 Å². The van der Waals surface area contributed by atoms with Gasteiger partial charge >= 0.3 is 0 Å². The molecule has 96 valence electrons. The second-order valence-corrected chi connectivity index (χ2v) is 4.41. The minimum Gasteiger partial charge on any atom is -0.383 e. The van der Waals surface area contributed by atoms with Gasteiger partial charge in [-0.2, -0.15) is 0 Å². The van der Waals surface area contributed by atoms with Gasteiger partial charge in [0, 0.05) is 25.1 Å². The van der Waals surface area contributed by atoms with Crippen molar-refractivity contribution in [3.05, 3.63) is 11.4 Å². The molecule has 17 heavy (non-hydrogen) atoms. The van der Waals surface area contributed by atoms with Gasteiger partial charge in [-0.15, -0.1) is 0 Å². The average Bonchev–Trinajstić information content (AvgIpc) is 2.33. The highest BCUT2D eigenvalue weighted by atomic mass is 15.2. The Bertz CT molecular complexity index is 372. The predicted octanol–water partition coefficient (Wildman–Crippen LogP) is 2.55. The monoisotopic (exact) mass is 236 g/mol. The number of aryl methyl sites for hydroxylation is 1. The molecule has 1 aromatic heterocycles. The second-order valence-electron chi connectivity index (χ2n) is 4.41. The first-order chi connectivity index (χ1) is 8.04. The number of aromatic nitrogens is 2. The number of nitrogens with zero attached hydrogens (tertiary/aromatic N) is 3. The van der Waals surface area contributed by atoms with E-state index in [1.165, 1.54) is 0 Å². The Hall–Kier alpha value is -1.32. The van der Waals surface area contributed by atoms with E-state index in [1.54, 1.807) is 0 Å². The summed E-state index contributed by atoms with van der Waals surface area (Å²) in [6, 6.07) is 0.507. The quantitative estimate of drug-likeness (QED) is 0.853. The van der Waals surface area contributed by atoms with Crippen molar-refractivity contribution < 1.29 is 0 Å². The minimum atomic E-state index is 0.507. The fourth-order valence-electron chi connectivity index (χ4n) is 2.08. The Morgan fingerprint density at radius 3 is 2.24 bits per heavy atom. The van der Waals surface area contributed by atoms with Gasteiger partial charge in [-0.1, -0.05) is 20.8 Å². The van der Waals surface area contributed by atoms with E-state index in [-0.39, 0.29) is 0 Å². The van der Waals surface area contributed by atoms with E-state index in [0.29, 0.717) is 11.9 Å². The van der Waals surface area contributed by atoms with E-state index in [2.05, 4.69) is 35.8 Å². The molecule has 0 aliphatic rings. The van der Waals surface area contributed by atoms with Crippen molar-refractivity contribution in [3.8, 4) is 0 Å². The first kappa shape index (κ1) is 13.7. The predicted molar refractivity (Wildman–Crippen MR) is 73.3 cm³/mol. The molecule has 0 saturated heterocycles. The van der Waals surface area contributed by atoms with Crippen LogP contribution in [-0.4, -0.2) is 23.1 Å². The van der Waals surface area contributed by atoms with E-state index < -0.39 is 0 Å². The molecular formula is C13H24N4. The highest BCUT2D eigenvalue weighted by Gasteiger charge is 2.17. The van der Waals surface area contributed by atoms with Crippen molar-refractivity contribution in [3.63, 3.8) is 0 Å². The Kier molecular flexibility index (Phi) is 4.73. The summed E-state index contributed by atoms with van der Waals surface area (Å²) < 4.78 is 0. The molecule has 1 rings (SSSR count). The van der Waals surface area contributed by atoms with Crippen LogP contribution in [0.3, 0.4) is 0 Å². The van der Waals surface area contributed by atoms with Crippen LogP contribution in [0.15, 0.2) is 0 Å². The highest BCUT2D eigenvalue weighted by Crippen LogP contribution is 2.24. The molecule has 0 unspecified atom stereocenters. The summed E-state index contributed by atoms with van der Waals surface area (Å²) in [5.74, 6) is 2.40. The molecule has 0 aliphatic carbocycles. The van der Waals surface area contributed by atoms with Gasteiger partial charge in [0.1, 0.15) is 17.5 Å². The SMILES string of the molecule is CCc1nc(N)c(C)c(N(C)C(CC)CC)n1. The molecule has 0 bridgehead atoms. The molecule has 4 heteroatoms. The van der Waals surface area contributed by atoms with Gasteiger partial charge in [-0.25, -0.2) is 9.97 Å². The van der Waals surface area contributed by atoms with Crippen molar-refractivity contribution in [2.75, 3.05) is 17.7 Å². The van der Waals surface area contributed by atoms with Gasteiger partial charge in [-0.05, 0) is 19.8 Å². The Balaban J connectivity index is 3.15. The number of hydrogen-bond donors (Lipinski definition) is 1. The van der Waals surface area contributed by atoms with E-state index >= 15 is 0 Å². The van der Waals surface area contributed by atoms with Crippen molar-refractivity contribution >= 4 is 11.6 Å². The topological polar surface area (TPSA) is 55.0 Å². The molecule has 0 aliphatic heterocycles. The summed E-state index contributed by atoms with van der Waals surface area (Å²) in [5.41, 5.74) is 6.92. The van der Waals surface area contributed by atoms with Crippen LogP contribution in [0.4, 0.5) is 11.6 Å². The molecule has 1 aromatic rings. The van der Waals surface area contributed by atoms with Crippen molar-refractivity contribution in [1.82, 2.24) is 9.97 Å². The van der Waals surface area contributed by atoms with Gasteiger partial charge in [0.15, 0.2) is 0 Å². The average molecular weight is 236 g/mol. The lowest BCUT2D eigenvalue weighted by atomic mass is 10.1. The molecule has 4 nitrogen and oxygen atoms in total. The Morgan fingerprint density at radius 2 is 1.76 bits per heavy atom. The fraction of sp³-hybridized carbons (Fsp3) is 0.692. The molecular weight excluding hydrogens is 212 g/mol. The zero-order valence-electron chi connectivity index (χ0n) is 11.6. The van der Waals surface area contributed by atoms with Crippen LogP contribution in [0.5, 0.6) is 0 Å². The largest absolute Gasteiger partial charge is 0.383 e. The van der Waals surface area contributed by atoms with Crippen LogP contribution in [0.25, 0.3) is 0 Å². The summed E-state index contributed by atoms with van der Waals surface area (Å²) in [6.45, 7) is 8.44. The molecule has 0 spiro atoms. The molecule has 0 radical (unpaired) electrons. The number of anilines is 2. The number of nitrogen functional groups attached to an aromatic ring is 1. The maximum Gasteiger partial charge on any atom is 0.137 e. The zero-order valence-corrected chi connectivity index (χ0v) is 11.6. The van der Waals surface area contributed by atoms with Crippen LogP contribution >= 0.6 is 0 Å². The van der Waals surface area contributed by atoms with E-state index in [1.807, 2.05) is 13.8 Å². The van der Waals surface area contributed by atoms with Gasteiger partial charge in [0.05, 0.1) is 0 Å². The smallest absolute Gasteiger partial charge is 0.137 e. The van der Waals surface area contributed by atoms with E-state index in [4.69, 9.17) is 5.73 Å². The molecule has 0 amide bonds. The molecule has 0 aromatic carbocycles. The summed E-state index contributed by atoms with van der Waals surface area (Å²) >= 11 is 0. The molecule has 0 atom stereocenters. The van der Waals surface area contributed by atoms with Gasteiger partial charge in [-0.3, -0.25) is 0 Å². The Morgan fingerprint density at radius 1 is 1.18 bits per heavy atom. The van der Waals surface area contributed by atoms with Crippen LogP contribution in [0.1, 0.15) is 45.0 Å². The first-order valence-electron chi connectivity index (χ1n) is 6.40. The summed E-state index contributed by atoms with van der Waals surface area (Å²) in [4.78, 5) is 11.1. The van der Waals surface area contributed by atoms with E-state index in [9.17, 15) is 0 Å². The second kappa shape index (κ2) is 5.84. The fourth-order valence-corrected chi connectivity index (χ4v) is 2.08. The summed E-state index contributed by atoms with van der Waals surface area (Å²) in [7, 11) is 2.09. The van der Waals surface area contributed by atoms with Crippen LogP contribution in [0, 0.1) is 6.92 Å². The highest BCUT2D eigenvalue weighted by molar-refractivity contribution is 5.56. The van der Waals surface area contributed by atoms with Crippen LogP contribution < -0.4 is 10.6 Å². The van der Waals surface area contributed by atoms with Crippen LogP contribution in [-0.2, 0) is 6.42 Å². The van der Waals surface area contributed by atoms with Crippen molar-refractivity contribution in [1.29, 1.82) is 0 Å². The molecule has 0 fully saturated rings. The third-order valence-corrected chi connectivity index (χ3v) is 3.34. The first-order valence-corrected chi connectivity index (χ1v) is 6.40. The zero-order chi connectivity index (χ0) is 13.0. The lowest BCUT2D eigenvalue weighted by Crippen LogP contribution is -2.32. The maximum absolute atomic E-state index is 5.94. The third-order valence-electron chi connectivity index (χ3n) is 3.34. The van der Waals surface area contributed by atoms with Crippen molar-refractivity contribution in [2.45, 2.75) is 53.0 Å². The van der Waals surface area contributed by atoms with E-state index in [0.717, 1.165) is 36.5 Å². The number of rotatable bonds is 5. The molecule has 0 saturated carbocycles. The summed E-state index contributed by atoms with van der Waals surface area (Å²) in [5, 5.41) is 0. The minimum absolute atomic E-state index is 0.507. The third kappa shape index (κ3) is 2.87. The van der Waals surface area contributed by atoms with Gasteiger partial charge < -0.3 is 10.6 Å². The Labute approximate surface area is 104 Å². The lowest BCUT2D eigenvalue weighted by molar-refractivity contribution is 0.584.